The van der Waals surface area contributed by atoms with Crippen molar-refractivity contribution in [2.45, 2.75) is 42.6 Å². The summed E-state index contributed by atoms with van der Waals surface area (Å²) in [7, 11) is 0. The van der Waals surface area contributed by atoms with Crippen LogP contribution in [-0.2, 0) is 13.0 Å². The van der Waals surface area contributed by atoms with Gasteiger partial charge in [-0.2, -0.15) is 18.2 Å². The van der Waals surface area contributed by atoms with Gasteiger partial charge in [0, 0.05) is 40.8 Å². The van der Waals surface area contributed by atoms with Crippen molar-refractivity contribution in [3.63, 3.8) is 0 Å². The van der Waals surface area contributed by atoms with Crippen LogP contribution in [0.1, 0.15) is 30.4 Å². The van der Waals surface area contributed by atoms with Crippen molar-refractivity contribution in [1.29, 1.82) is 0 Å². The van der Waals surface area contributed by atoms with Crippen molar-refractivity contribution >= 4 is 28.8 Å². The third kappa shape index (κ3) is 8.57. The molecule has 0 fully saturated rings. The largest absolute Gasteiger partial charge is 0.446 e. The van der Waals surface area contributed by atoms with Crippen LogP contribution in [0.15, 0.2) is 63.3 Å². The fourth-order valence-electron chi connectivity index (χ4n) is 4.43. The molecule has 0 saturated carbocycles. The van der Waals surface area contributed by atoms with Gasteiger partial charge in [-0.05, 0) is 98.1 Å². The molecule has 4 aromatic rings. The number of rotatable bonds is 13. The predicted molar refractivity (Wildman–Crippen MR) is 158 cm³/mol. The highest BCUT2D eigenvalue weighted by molar-refractivity contribution is 8.00. The topological polar surface area (TPSA) is 153 Å². The molecule has 0 spiro atoms. The normalized spacial score (nSPS) is 11.7. The molecular formula is C28H32F4N8OS. The van der Waals surface area contributed by atoms with Crippen molar-refractivity contribution in [2.75, 3.05) is 19.6 Å². The highest BCUT2D eigenvalue weighted by Crippen LogP contribution is 2.39. The van der Waals surface area contributed by atoms with Gasteiger partial charge in [-0.3, -0.25) is 9.56 Å². The Hall–Kier alpha value is -3.88. The van der Waals surface area contributed by atoms with Crippen LogP contribution in [0.4, 0.5) is 17.6 Å². The number of nitrogens with two attached hydrogens (primary N) is 3. The molecule has 0 unspecified atom stereocenters. The Bertz CT molecular complexity index is 1610. The number of unbranched alkanes of at least 4 members (excludes halogenated alkanes) is 1. The Kier molecular flexibility index (Phi) is 10.2. The van der Waals surface area contributed by atoms with E-state index in [1.807, 2.05) is 6.07 Å². The molecule has 0 amide bonds. The van der Waals surface area contributed by atoms with Crippen molar-refractivity contribution < 1.29 is 17.6 Å². The summed E-state index contributed by atoms with van der Waals surface area (Å²) < 4.78 is 55.6. The van der Waals surface area contributed by atoms with Gasteiger partial charge in [-0.25, -0.2) is 9.18 Å². The number of aryl methyl sites for hydroxylation is 1. The zero-order chi connectivity index (χ0) is 30.3. The number of hydrogen-bond donors (Lipinski definition) is 5. The first kappa shape index (κ1) is 31.1. The van der Waals surface area contributed by atoms with E-state index in [2.05, 4.69) is 20.3 Å². The number of nitrogens with zero attached hydrogens (tertiary/aromatic N) is 3. The van der Waals surface area contributed by atoms with Crippen molar-refractivity contribution in [1.82, 2.24) is 19.9 Å². The molecule has 9 nitrogen and oxygen atoms in total. The van der Waals surface area contributed by atoms with Gasteiger partial charge in [-0.1, -0.05) is 6.07 Å². The Morgan fingerprint density at radius 2 is 1.90 bits per heavy atom. The summed E-state index contributed by atoms with van der Waals surface area (Å²) in [5.74, 6) is -0.472. The number of fused-ring (bicyclic) bond motifs is 1. The number of thioether (sulfide) groups is 1. The van der Waals surface area contributed by atoms with Gasteiger partial charge in [0.2, 0.25) is 0 Å². The van der Waals surface area contributed by atoms with Crippen LogP contribution >= 0.6 is 11.8 Å². The lowest BCUT2D eigenvalue weighted by Gasteiger charge is -2.10. The van der Waals surface area contributed by atoms with Gasteiger partial charge < -0.3 is 27.5 Å². The standard InChI is InChI=1S/C28H32F4N8OS/c29-23-14-21(6-5-18(23)15-36-8-3-9-37-26(34)35)40-16-20-13-24(38-25(20)39-27(40)41)19-10-17(4-1-2-7-33)11-22(12-19)42-28(30,31)32/h5-6,10-14,16,36H,1-4,7-9,15,33H2,(H4,34,35,37)(H,38,39,41). The van der Waals surface area contributed by atoms with E-state index < -0.39 is 17.0 Å². The fourth-order valence-corrected chi connectivity index (χ4v) is 5.09. The molecule has 0 saturated heterocycles. The molecule has 8 N–H and O–H groups in total. The molecule has 2 aromatic carbocycles. The minimum absolute atomic E-state index is 0.0212. The number of aliphatic imine (C=N–C) groups is 1. The molecule has 224 valence electrons. The smallest absolute Gasteiger partial charge is 0.370 e. The SMILES string of the molecule is NCCCCc1cc(SC(F)(F)F)cc(-c2cc3cn(-c4ccc(CNCCCN=C(N)N)c(F)c4)c(=O)nc3[nH]2)c1. The van der Waals surface area contributed by atoms with Crippen molar-refractivity contribution in [3.8, 4) is 16.9 Å². The minimum Gasteiger partial charge on any atom is -0.370 e. The first-order chi connectivity index (χ1) is 20.0. The fraction of sp³-hybridized carbons (Fsp3) is 0.321. The van der Waals surface area contributed by atoms with Crippen molar-refractivity contribution in [3.05, 3.63) is 76.1 Å². The van der Waals surface area contributed by atoms with Crippen LogP contribution in [-0.4, -0.2) is 45.6 Å². The van der Waals surface area contributed by atoms with Crippen LogP contribution in [0.5, 0.6) is 0 Å². The lowest BCUT2D eigenvalue weighted by Crippen LogP contribution is -2.23. The second-order valence-electron chi connectivity index (χ2n) is 9.65. The number of guanidine groups is 1. The first-order valence-electron chi connectivity index (χ1n) is 13.3. The van der Waals surface area contributed by atoms with E-state index in [1.54, 1.807) is 18.2 Å². The molecule has 0 radical (unpaired) electrons. The zero-order valence-corrected chi connectivity index (χ0v) is 23.5. The van der Waals surface area contributed by atoms with Crippen LogP contribution in [0.2, 0.25) is 0 Å². The predicted octanol–water partition coefficient (Wildman–Crippen LogP) is 4.17. The number of hydrogen-bond acceptors (Lipinski definition) is 6. The van der Waals surface area contributed by atoms with Gasteiger partial charge in [-0.15, -0.1) is 0 Å². The molecule has 2 aromatic heterocycles. The maximum absolute atomic E-state index is 14.9. The third-order valence-electron chi connectivity index (χ3n) is 6.37. The Morgan fingerprint density at radius 1 is 1.10 bits per heavy atom. The second kappa shape index (κ2) is 13.9. The van der Waals surface area contributed by atoms with E-state index in [9.17, 15) is 22.4 Å². The van der Waals surface area contributed by atoms with Crippen LogP contribution in [0.3, 0.4) is 0 Å². The van der Waals surface area contributed by atoms with E-state index in [-0.39, 0.29) is 40.5 Å². The van der Waals surface area contributed by atoms with Crippen LogP contribution < -0.4 is 28.2 Å². The van der Waals surface area contributed by atoms with Crippen LogP contribution in [0, 0.1) is 5.82 Å². The number of nitrogens with one attached hydrogen (secondary N) is 2. The number of H-pyrrole nitrogens is 1. The average Bonchev–Trinajstić information content (AvgIpc) is 3.33. The average molecular weight is 605 g/mol. The van der Waals surface area contributed by atoms with E-state index in [1.165, 1.54) is 29.0 Å². The van der Waals surface area contributed by atoms with Gasteiger partial charge in [0.15, 0.2) is 5.96 Å². The number of alkyl halides is 3. The Balaban J connectivity index is 1.57. The molecular weight excluding hydrogens is 572 g/mol. The number of aromatic amines is 1. The van der Waals surface area contributed by atoms with Gasteiger partial charge in [0.05, 0.1) is 5.69 Å². The molecule has 2 heterocycles. The van der Waals surface area contributed by atoms with Crippen LogP contribution in [0.25, 0.3) is 28.0 Å². The summed E-state index contributed by atoms with van der Waals surface area (Å²) in [5, 5.41) is 3.66. The Morgan fingerprint density at radius 3 is 2.62 bits per heavy atom. The highest BCUT2D eigenvalue weighted by atomic mass is 32.2. The summed E-state index contributed by atoms with van der Waals surface area (Å²) in [6.45, 7) is 1.83. The van der Waals surface area contributed by atoms with E-state index in [0.29, 0.717) is 54.7 Å². The Labute approximate surface area is 243 Å². The molecule has 42 heavy (non-hydrogen) atoms. The number of benzene rings is 2. The number of halogens is 4. The number of aromatic nitrogens is 3. The summed E-state index contributed by atoms with van der Waals surface area (Å²) in [6.07, 6.45) is 4.28. The van der Waals surface area contributed by atoms with E-state index in [0.717, 1.165) is 18.4 Å². The summed E-state index contributed by atoms with van der Waals surface area (Å²) in [6, 6.07) is 11.0. The maximum atomic E-state index is 14.9. The van der Waals surface area contributed by atoms with Gasteiger partial charge >= 0.3 is 11.2 Å². The summed E-state index contributed by atoms with van der Waals surface area (Å²) >= 11 is -0.179. The third-order valence-corrected chi connectivity index (χ3v) is 7.08. The zero-order valence-electron chi connectivity index (χ0n) is 22.7. The lowest BCUT2D eigenvalue weighted by atomic mass is 10.0. The second-order valence-corrected chi connectivity index (χ2v) is 10.8. The quantitative estimate of drug-likeness (QED) is 0.0505. The molecule has 0 aliphatic rings. The molecule has 14 heteroatoms. The summed E-state index contributed by atoms with van der Waals surface area (Å²) in [4.78, 5) is 23.9. The monoisotopic (exact) mass is 604 g/mol. The van der Waals surface area contributed by atoms with Gasteiger partial charge in [0.25, 0.3) is 0 Å². The summed E-state index contributed by atoms with van der Waals surface area (Å²) in [5.41, 5.74) is 13.8. The molecule has 0 bridgehead atoms. The van der Waals surface area contributed by atoms with Gasteiger partial charge in [0.1, 0.15) is 11.5 Å². The first-order valence-corrected chi connectivity index (χ1v) is 14.1. The molecule has 0 atom stereocenters. The molecule has 0 aliphatic heterocycles. The molecule has 4 rings (SSSR count). The lowest BCUT2D eigenvalue weighted by molar-refractivity contribution is -0.0328. The maximum Gasteiger partial charge on any atom is 0.446 e. The van der Waals surface area contributed by atoms with E-state index >= 15 is 0 Å². The van der Waals surface area contributed by atoms with Crippen molar-refractivity contribution in [2.24, 2.45) is 22.2 Å². The highest BCUT2D eigenvalue weighted by Gasteiger charge is 2.29. The minimum atomic E-state index is -4.44. The molecule has 0 aliphatic carbocycles. The van der Waals surface area contributed by atoms with E-state index in [4.69, 9.17) is 17.2 Å².